The quantitative estimate of drug-likeness (QED) is 0.375. The molecular weight excluding hydrogens is 490 g/mol. The Morgan fingerprint density at radius 1 is 1.33 bits per heavy atom. The van der Waals surface area contributed by atoms with Crippen LogP contribution in [0.3, 0.4) is 0 Å². The Morgan fingerprint density at radius 2 is 2.06 bits per heavy atom. The van der Waals surface area contributed by atoms with Crippen LogP contribution in [0.2, 0.25) is 5.02 Å². The molecule has 2 amide bonds. The van der Waals surface area contributed by atoms with Crippen molar-refractivity contribution < 1.29 is 27.9 Å². The predicted octanol–water partition coefficient (Wildman–Crippen LogP) is 4.88. The average molecular weight is 517 g/mol. The van der Waals surface area contributed by atoms with E-state index in [9.17, 15) is 23.2 Å². The first-order valence-electron chi connectivity index (χ1n) is 11.3. The highest BCUT2D eigenvalue weighted by Gasteiger charge is 2.36. The third-order valence-electron chi connectivity index (χ3n) is 5.90. The molecule has 0 saturated carbocycles. The number of nitrogens with one attached hydrogen (secondary N) is 1. The van der Waals surface area contributed by atoms with Gasteiger partial charge in [0.15, 0.2) is 12.4 Å². The third kappa shape index (κ3) is 6.39. The van der Waals surface area contributed by atoms with Gasteiger partial charge in [0.2, 0.25) is 0 Å². The smallest absolute Gasteiger partial charge is 0.278 e. The Morgan fingerprint density at radius 3 is 2.69 bits per heavy atom. The fourth-order valence-electron chi connectivity index (χ4n) is 3.69. The highest BCUT2D eigenvalue weighted by molar-refractivity contribution is 6.32. The number of benzene rings is 1. The van der Waals surface area contributed by atoms with Crippen LogP contribution in [0.25, 0.3) is 0 Å². The summed E-state index contributed by atoms with van der Waals surface area (Å²) in [6.45, 7) is 5.24. The average Bonchev–Trinajstić information content (AvgIpc) is 2.98. The summed E-state index contributed by atoms with van der Waals surface area (Å²) < 4.78 is 31.3. The zero-order valence-corrected chi connectivity index (χ0v) is 21.2. The summed E-state index contributed by atoms with van der Waals surface area (Å²) in [5.74, 6) is -3.59. The first kappa shape index (κ1) is 27.1. The maximum absolute atomic E-state index is 13.3. The minimum absolute atomic E-state index is 0.0796. The van der Waals surface area contributed by atoms with Crippen molar-refractivity contribution in [2.24, 2.45) is 0 Å². The summed E-state index contributed by atoms with van der Waals surface area (Å²) in [6, 6.07) is 4.32. The van der Waals surface area contributed by atoms with Gasteiger partial charge < -0.3 is 15.0 Å². The number of Topliss-reactive ketones (excluding diaryl/α,β-unsaturated/α-hetero) is 1. The lowest BCUT2D eigenvalue weighted by Crippen LogP contribution is -2.31. The topological polar surface area (TPSA) is 75.7 Å². The summed E-state index contributed by atoms with van der Waals surface area (Å²) in [7, 11) is 0. The molecule has 1 atom stereocenters. The highest BCUT2D eigenvalue weighted by atomic mass is 35.5. The number of halogens is 3. The van der Waals surface area contributed by atoms with Gasteiger partial charge in [0.25, 0.3) is 17.7 Å². The van der Waals surface area contributed by atoms with E-state index < -0.39 is 18.6 Å². The summed E-state index contributed by atoms with van der Waals surface area (Å²) in [5.41, 5.74) is 5.39. The van der Waals surface area contributed by atoms with Crippen LogP contribution in [-0.2, 0) is 14.4 Å². The van der Waals surface area contributed by atoms with Gasteiger partial charge in [-0.25, -0.2) is 8.78 Å². The maximum Gasteiger partial charge on any atom is 0.278 e. The SMILES string of the molecule is CC(=O)/C(C)=C/CNC(=O)C1=CC=C=CC2=C1CN(C(C)c1ccc(OCC(C)(F)F)c(Cl)c1)C2=O. The largest absolute Gasteiger partial charge is 0.486 e. The molecule has 0 saturated heterocycles. The lowest BCUT2D eigenvalue weighted by atomic mass is 10.0. The second-order valence-corrected chi connectivity index (χ2v) is 9.17. The molecule has 1 N–H and O–H groups in total. The molecule has 0 spiro atoms. The summed E-state index contributed by atoms with van der Waals surface area (Å²) in [4.78, 5) is 39.1. The third-order valence-corrected chi connectivity index (χ3v) is 6.20. The number of allylic oxidation sites excluding steroid dienone is 2. The summed E-state index contributed by atoms with van der Waals surface area (Å²) in [5, 5.41) is 2.91. The predicted molar refractivity (Wildman–Crippen MR) is 133 cm³/mol. The molecule has 1 aliphatic heterocycles. The van der Waals surface area contributed by atoms with Crippen molar-refractivity contribution in [2.75, 3.05) is 19.7 Å². The van der Waals surface area contributed by atoms with Crippen molar-refractivity contribution in [1.29, 1.82) is 0 Å². The van der Waals surface area contributed by atoms with Gasteiger partial charge in [-0.3, -0.25) is 14.4 Å². The first-order valence-corrected chi connectivity index (χ1v) is 11.7. The molecule has 1 aliphatic carbocycles. The molecule has 2 aliphatic rings. The number of carbonyl (C=O) groups is 3. The van der Waals surface area contributed by atoms with Crippen molar-refractivity contribution in [1.82, 2.24) is 10.2 Å². The molecule has 6 nitrogen and oxygen atoms in total. The van der Waals surface area contributed by atoms with Gasteiger partial charge in [-0.05, 0) is 67.8 Å². The Labute approximate surface area is 213 Å². The standard InChI is InChI=1S/C27H27ClF2N2O4/c1-16(18(3)33)11-12-31-25(34)20-7-5-6-8-21-22(20)14-32(26(21)35)17(2)19-9-10-24(23(28)13-19)36-15-27(4,29)30/h5,7-11,13,17H,12,14-15H2,1-4H3,(H,31,34)/b16-11+. The van der Waals surface area contributed by atoms with Crippen LogP contribution in [0.15, 0.2) is 70.5 Å². The molecule has 0 aromatic heterocycles. The fraction of sp³-hybridized carbons (Fsp3) is 0.333. The van der Waals surface area contributed by atoms with Crippen LogP contribution in [-0.4, -0.2) is 48.1 Å². The van der Waals surface area contributed by atoms with Crippen LogP contribution >= 0.6 is 11.6 Å². The highest BCUT2D eigenvalue weighted by Crippen LogP contribution is 2.36. The molecule has 1 unspecified atom stereocenters. The number of hydrogen-bond donors (Lipinski definition) is 1. The van der Waals surface area contributed by atoms with Crippen molar-refractivity contribution in [2.45, 2.75) is 39.7 Å². The zero-order chi connectivity index (χ0) is 26.6. The lowest BCUT2D eigenvalue weighted by molar-refractivity contribution is -0.127. The first-order chi connectivity index (χ1) is 16.9. The normalized spacial score (nSPS) is 16.5. The number of amides is 2. The lowest BCUT2D eigenvalue weighted by Gasteiger charge is -2.26. The van der Waals surface area contributed by atoms with Gasteiger partial charge in [-0.2, -0.15) is 0 Å². The van der Waals surface area contributed by atoms with E-state index in [-0.39, 0.29) is 41.5 Å². The number of rotatable bonds is 9. The second kappa shape index (κ2) is 11.1. The Kier molecular flexibility index (Phi) is 8.33. The molecule has 36 heavy (non-hydrogen) atoms. The van der Waals surface area contributed by atoms with E-state index in [1.54, 1.807) is 48.3 Å². The number of hydrogen-bond acceptors (Lipinski definition) is 4. The van der Waals surface area contributed by atoms with Crippen LogP contribution in [0.1, 0.15) is 39.3 Å². The Balaban J connectivity index is 1.76. The Bertz CT molecular complexity index is 1250. The molecule has 1 aromatic carbocycles. The number of ether oxygens (including phenoxy) is 1. The molecule has 190 valence electrons. The molecule has 9 heteroatoms. The van der Waals surface area contributed by atoms with E-state index in [2.05, 4.69) is 11.0 Å². The van der Waals surface area contributed by atoms with Crippen LogP contribution in [0.4, 0.5) is 8.78 Å². The van der Waals surface area contributed by atoms with Gasteiger partial charge in [0, 0.05) is 25.6 Å². The van der Waals surface area contributed by atoms with E-state index in [1.807, 2.05) is 6.92 Å². The second-order valence-electron chi connectivity index (χ2n) is 8.76. The number of nitrogens with zero attached hydrogens (tertiary/aromatic N) is 1. The molecule has 0 radical (unpaired) electrons. The van der Waals surface area contributed by atoms with Gasteiger partial charge in [0.1, 0.15) is 5.75 Å². The van der Waals surface area contributed by atoms with Crippen LogP contribution in [0.5, 0.6) is 5.75 Å². The summed E-state index contributed by atoms with van der Waals surface area (Å²) in [6.07, 6.45) is 6.36. The monoisotopic (exact) mass is 516 g/mol. The molecule has 1 aromatic rings. The van der Waals surface area contributed by atoms with E-state index >= 15 is 0 Å². The van der Waals surface area contributed by atoms with Crippen LogP contribution < -0.4 is 10.1 Å². The maximum atomic E-state index is 13.3. The van der Waals surface area contributed by atoms with Crippen molar-refractivity contribution in [3.8, 4) is 5.75 Å². The number of carbonyl (C=O) groups excluding carboxylic acids is 3. The van der Waals surface area contributed by atoms with E-state index in [1.165, 1.54) is 13.0 Å². The fourth-order valence-corrected chi connectivity index (χ4v) is 3.94. The van der Waals surface area contributed by atoms with E-state index in [0.717, 1.165) is 6.92 Å². The van der Waals surface area contributed by atoms with Gasteiger partial charge >= 0.3 is 0 Å². The minimum Gasteiger partial charge on any atom is -0.486 e. The molecule has 1 heterocycles. The van der Waals surface area contributed by atoms with E-state index in [0.29, 0.717) is 27.9 Å². The zero-order valence-electron chi connectivity index (χ0n) is 20.5. The van der Waals surface area contributed by atoms with Crippen molar-refractivity contribution >= 4 is 29.2 Å². The van der Waals surface area contributed by atoms with Gasteiger partial charge in [-0.15, -0.1) is 5.73 Å². The molecule has 3 rings (SSSR count). The number of alkyl halides is 2. The Hall–Kier alpha value is -3.48. The number of ketones is 1. The molecular formula is C27H27ClF2N2O4. The van der Waals surface area contributed by atoms with Gasteiger partial charge in [-0.1, -0.05) is 23.7 Å². The van der Waals surface area contributed by atoms with Crippen LogP contribution in [0, 0.1) is 0 Å². The van der Waals surface area contributed by atoms with Crippen molar-refractivity contribution in [3.63, 3.8) is 0 Å². The van der Waals surface area contributed by atoms with Crippen molar-refractivity contribution in [3.05, 3.63) is 81.1 Å². The molecule has 0 bridgehead atoms. The van der Waals surface area contributed by atoms with E-state index in [4.69, 9.17) is 16.3 Å². The summed E-state index contributed by atoms with van der Waals surface area (Å²) >= 11 is 6.25. The molecule has 0 fully saturated rings. The minimum atomic E-state index is -3.00. The van der Waals surface area contributed by atoms with Gasteiger partial charge in [0.05, 0.1) is 16.6 Å².